The van der Waals surface area contributed by atoms with Gasteiger partial charge in [-0.25, -0.2) is 0 Å². The van der Waals surface area contributed by atoms with Gasteiger partial charge in [0.2, 0.25) is 0 Å². The van der Waals surface area contributed by atoms with E-state index in [1.165, 1.54) is 0 Å². The lowest BCUT2D eigenvalue weighted by molar-refractivity contribution is 0.0935. The fraction of sp³-hybridized carbons (Fsp3) is 0.100. The first-order valence-electron chi connectivity index (χ1n) is 7.72. The molecule has 0 aliphatic carbocycles. The summed E-state index contributed by atoms with van der Waals surface area (Å²) in [6, 6.07) is 20.9. The molecule has 0 spiro atoms. The van der Waals surface area contributed by atoms with Crippen molar-refractivity contribution < 1.29 is 4.79 Å². The van der Waals surface area contributed by atoms with E-state index in [2.05, 4.69) is 10.3 Å². The zero-order valence-corrected chi connectivity index (χ0v) is 14.0. The molecule has 1 aromatic heterocycles. The second-order valence-electron chi connectivity index (χ2n) is 5.51. The van der Waals surface area contributed by atoms with Crippen LogP contribution in [0.2, 0.25) is 5.02 Å². The summed E-state index contributed by atoms with van der Waals surface area (Å²) in [5.41, 5.74) is 3.31. The van der Waals surface area contributed by atoms with Crippen molar-refractivity contribution in [2.45, 2.75) is 13.0 Å². The van der Waals surface area contributed by atoms with E-state index in [1.807, 2.05) is 67.6 Å². The summed E-state index contributed by atoms with van der Waals surface area (Å²) in [6.45, 7) is 1.90. The maximum atomic E-state index is 12.4. The highest BCUT2D eigenvalue weighted by Crippen LogP contribution is 2.22. The van der Waals surface area contributed by atoms with E-state index < -0.39 is 0 Å². The fourth-order valence-corrected chi connectivity index (χ4v) is 2.80. The third-order valence-corrected chi connectivity index (χ3v) is 4.17. The molecule has 1 N–H and O–H groups in total. The number of pyridine rings is 1. The maximum absolute atomic E-state index is 12.4. The maximum Gasteiger partial charge on any atom is 0.270 e. The van der Waals surface area contributed by atoms with Gasteiger partial charge in [0.15, 0.2) is 0 Å². The molecule has 0 radical (unpaired) electrons. The van der Waals surface area contributed by atoms with Crippen molar-refractivity contribution in [3.05, 3.63) is 89.2 Å². The topological polar surface area (TPSA) is 42.0 Å². The number of nitrogens with zero attached hydrogens (tertiary/aromatic N) is 1. The third-order valence-electron chi connectivity index (χ3n) is 3.82. The van der Waals surface area contributed by atoms with Gasteiger partial charge in [-0.05, 0) is 30.2 Å². The smallest absolute Gasteiger partial charge is 0.270 e. The SMILES string of the molecule is CC(NC(=O)c1ccc(-c2ccccc2)cn1)c1ccccc1Cl. The number of nitrogens with one attached hydrogen (secondary N) is 1. The summed E-state index contributed by atoms with van der Waals surface area (Å²) in [5, 5.41) is 3.56. The van der Waals surface area contributed by atoms with Crippen LogP contribution < -0.4 is 5.32 Å². The Morgan fingerprint density at radius 3 is 2.33 bits per heavy atom. The Morgan fingerprint density at radius 2 is 1.67 bits per heavy atom. The van der Waals surface area contributed by atoms with E-state index in [-0.39, 0.29) is 11.9 Å². The molecular weight excluding hydrogens is 320 g/mol. The Morgan fingerprint density at radius 1 is 0.958 bits per heavy atom. The van der Waals surface area contributed by atoms with E-state index in [9.17, 15) is 4.79 Å². The Labute approximate surface area is 146 Å². The van der Waals surface area contributed by atoms with E-state index >= 15 is 0 Å². The molecule has 4 heteroatoms. The molecule has 3 aromatic rings. The first kappa shape index (κ1) is 16.2. The van der Waals surface area contributed by atoms with Gasteiger partial charge in [0, 0.05) is 16.8 Å². The van der Waals surface area contributed by atoms with Crippen molar-refractivity contribution in [2.24, 2.45) is 0 Å². The molecule has 1 heterocycles. The van der Waals surface area contributed by atoms with Crippen molar-refractivity contribution in [1.29, 1.82) is 0 Å². The largest absolute Gasteiger partial charge is 0.344 e. The molecular formula is C20H17ClN2O. The highest BCUT2D eigenvalue weighted by Gasteiger charge is 2.14. The van der Waals surface area contributed by atoms with E-state index in [0.717, 1.165) is 16.7 Å². The van der Waals surface area contributed by atoms with E-state index in [1.54, 1.807) is 12.3 Å². The van der Waals surface area contributed by atoms with Crippen LogP contribution in [0.5, 0.6) is 0 Å². The van der Waals surface area contributed by atoms with Gasteiger partial charge in [-0.3, -0.25) is 9.78 Å². The Hall–Kier alpha value is -2.65. The molecule has 0 saturated carbocycles. The summed E-state index contributed by atoms with van der Waals surface area (Å²) in [5.74, 6) is -0.220. The van der Waals surface area contributed by atoms with Crippen LogP contribution in [-0.4, -0.2) is 10.9 Å². The molecule has 3 nitrogen and oxygen atoms in total. The first-order valence-corrected chi connectivity index (χ1v) is 8.09. The van der Waals surface area contributed by atoms with Gasteiger partial charge >= 0.3 is 0 Å². The van der Waals surface area contributed by atoms with Crippen LogP contribution in [0.15, 0.2) is 72.9 Å². The van der Waals surface area contributed by atoms with Crippen LogP contribution in [0.25, 0.3) is 11.1 Å². The van der Waals surface area contributed by atoms with Gasteiger partial charge < -0.3 is 5.32 Å². The molecule has 1 atom stereocenters. The van der Waals surface area contributed by atoms with Crippen LogP contribution >= 0.6 is 11.6 Å². The lowest BCUT2D eigenvalue weighted by Crippen LogP contribution is -2.27. The van der Waals surface area contributed by atoms with Crippen molar-refractivity contribution in [2.75, 3.05) is 0 Å². The molecule has 24 heavy (non-hydrogen) atoms. The fourth-order valence-electron chi connectivity index (χ4n) is 2.50. The number of aromatic nitrogens is 1. The van der Waals surface area contributed by atoms with Gasteiger partial charge in [-0.1, -0.05) is 66.2 Å². The van der Waals surface area contributed by atoms with Gasteiger partial charge in [0.1, 0.15) is 5.69 Å². The summed E-state index contributed by atoms with van der Waals surface area (Å²) in [7, 11) is 0. The van der Waals surface area contributed by atoms with Gasteiger partial charge in [0.05, 0.1) is 6.04 Å². The molecule has 0 aliphatic rings. The zero-order valence-electron chi connectivity index (χ0n) is 13.2. The van der Waals surface area contributed by atoms with Crippen molar-refractivity contribution >= 4 is 17.5 Å². The van der Waals surface area contributed by atoms with E-state index in [0.29, 0.717) is 10.7 Å². The van der Waals surface area contributed by atoms with Gasteiger partial charge in [-0.2, -0.15) is 0 Å². The number of benzene rings is 2. The molecule has 3 rings (SSSR count). The summed E-state index contributed by atoms with van der Waals surface area (Å²) >= 11 is 6.17. The second-order valence-corrected chi connectivity index (χ2v) is 5.92. The lowest BCUT2D eigenvalue weighted by atomic mass is 10.1. The Balaban J connectivity index is 1.73. The number of carbonyl (C=O) groups is 1. The number of hydrogen-bond acceptors (Lipinski definition) is 2. The predicted octanol–water partition coefficient (Wildman–Crippen LogP) is 4.89. The number of hydrogen-bond donors (Lipinski definition) is 1. The van der Waals surface area contributed by atoms with E-state index in [4.69, 9.17) is 11.6 Å². The Bertz CT molecular complexity index is 832. The molecule has 1 unspecified atom stereocenters. The van der Waals surface area contributed by atoms with Gasteiger partial charge in [-0.15, -0.1) is 0 Å². The lowest BCUT2D eigenvalue weighted by Gasteiger charge is -2.15. The predicted molar refractivity (Wildman–Crippen MR) is 97.0 cm³/mol. The monoisotopic (exact) mass is 336 g/mol. The van der Waals surface area contributed by atoms with Crippen molar-refractivity contribution in [3.63, 3.8) is 0 Å². The molecule has 0 fully saturated rings. The minimum atomic E-state index is -0.220. The average Bonchev–Trinajstić information content (AvgIpc) is 2.63. The summed E-state index contributed by atoms with van der Waals surface area (Å²) < 4.78 is 0. The summed E-state index contributed by atoms with van der Waals surface area (Å²) in [6.07, 6.45) is 1.71. The molecule has 120 valence electrons. The third kappa shape index (κ3) is 3.63. The highest BCUT2D eigenvalue weighted by atomic mass is 35.5. The van der Waals surface area contributed by atoms with Crippen LogP contribution in [0, 0.1) is 0 Å². The first-order chi connectivity index (χ1) is 11.6. The van der Waals surface area contributed by atoms with Crippen LogP contribution in [0.1, 0.15) is 29.0 Å². The van der Waals surface area contributed by atoms with Crippen molar-refractivity contribution in [1.82, 2.24) is 10.3 Å². The minimum absolute atomic E-state index is 0.193. The van der Waals surface area contributed by atoms with Crippen LogP contribution in [0.4, 0.5) is 0 Å². The average molecular weight is 337 g/mol. The van der Waals surface area contributed by atoms with Crippen LogP contribution in [0.3, 0.4) is 0 Å². The highest BCUT2D eigenvalue weighted by molar-refractivity contribution is 6.31. The molecule has 0 bridgehead atoms. The normalized spacial score (nSPS) is 11.8. The quantitative estimate of drug-likeness (QED) is 0.736. The number of carbonyl (C=O) groups excluding carboxylic acids is 1. The van der Waals surface area contributed by atoms with Crippen LogP contribution in [-0.2, 0) is 0 Å². The van der Waals surface area contributed by atoms with Crippen molar-refractivity contribution in [3.8, 4) is 11.1 Å². The summed E-state index contributed by atoms with van der Waals surface area (Å²) in [4.78, 5) is 16.6. The molecule has 0 aliphatic heterocycles. The second kappa shape index (κ2) is 7.28. The Kier molecular flexibility index (Phi) is 4.92. The number of halogens is 1. The molecule has 0 saturated heterocycles. The standard InChI is InChI=1S/C20H17ClN2O/c1-14(17-9-5-6-10-18(17)21)23-20(24)19-12-11-16(13-22-19)15-7-3-2-4-8-15/h2-14H,1H3,(H,23,24). The zero-order chi connectivity index (χ0) is 16.9. The molecule has 2 aromatic carbocycles. The van der Waals surface area contributed by atoms with Gasteiger partial charge in [0.25, 0.3) is 5.91 Å². The minimum Gasteiger partial charge on any atom is -0.344 e. The number of rotatable bonds is 4. The number of amides is 1. The molecule has 1 amide bonds.